The number of hydrogen-bond acceptors (Lipinski definition) is 8. The van der Waals surface area contributed by atoms with E-state index in [0.29, 0.717) is 52.0 Å². The lowest BCUT2D eigenvalue weighted by Gasteiger charge is -2.37. The molecule has 1 saturated heterocycles. The number of hydrogen-bond donors (Lipinski definition) is 3. The molecule has 13 nitrogen and oxygen atoms in total. The summed E-state index contributed by atoms with van der Waals surface area (Å²) in [6.45, 7) is 0.921. The number of anilines is 1. The van der Waals surface area contributed by atoms with E-state index in [2.05, 4.69) is 70.4 Å². The molecule has 0 bridgehead atoms. The quantitative estimate of drug-likeness (QED) is 0.115. The Morgan fingerprint density at radius 2 is 1.77 bits per heavy atom. The minimum absolute atomic E-state index is 0.0194. The Hall–Kier alpha value is -4.70. The summed E-state index contributed by atoms with van der Waals surface area (Å²) in [6, 6.07) is 10.7. The van der Waals surface area contributed by atoms with E-state index in [1.54, 1.807) is 12.1 Å². The normalized spacial score (nSPS) is 14.7. The molecule has 2 aromatic carbocycles. The maximum atomic E-state index is 13.3. The molecule has 2 aliphatic heterocycles. The van der Waals surface area contributed by atoms with Gasteiger partial charge in [0.05, 0.1) is 8.95 Å². The number of ether oxygens (including phenoxy) is 1. The van der Waals surface area contributed by atoms with Crippen LogP contribution in [0.3, 0.4) is 0 Å². The van der Waals surface area contributed by atoms with Gasteiger partial charge in [0, 0.05) is 56.6 Å². The van der Waals surface area contributed by atoms with Gasteiger partial charge in [0.25, 0.3) is 11.8 Å². The van der Waals surface area contributed by atoms with E-state index in [1.807, 2.05) is 29.2 Å². The van der Waals surface area contributed by atoms with E-state index in [0.717, 1.165) is 17.7 Å². The molecule has 5 amide bonds. The lowest BCUT2D eigenvalue weighted by Crippen LogP contribution is -2.50. The number of allylic oxidation sites excluding steroid dienone is 2. The molecule has 2 heterocycles. The Morgan fingerprint density at radius 1 is 1.10 bits per heavy atom. The van der Waals surface area contributed by atoms with E-state index in [9.17, 15) is 24.3 Å². The molecule has 0 spiro atoms. The molecule has 0 radical (unpaired) electrons. The number of nitrogens with one attached hydrogen (secondary N) is 1. The first kappa shape index (κ1) is 36.1. The van der Waals surface area contributed by atoms with Crippen molar-refractivity contribution in [3.05, 3.63) is 80.1 Å². The smallest absolute Gasteiger partial charge is 0.410 e. The summed E-state index contributed by atoms with van der Waals surface area (Å²) < 4.78 is 6.44. The first-order chi connectivity index (χ1) is 23.0. The van der Waals surface area contributed by atoms with Crippen LogP contribution in [-0.2, 0) is 27.2 Å². The second-order valence-corrected chi connectivity index (χ2v) is 12.5. The number of aromatic hydroxyl groups is 1. The van der Waals surface area contributed by atoms with Crippen LogP contribution < -0.4 is 5.32 Å². The molecule has 250 valence electrons. The summed E-state index contributed by atoms with van der Waals surface area (Å²) in [5, 5.41) is 22.5. The molecule has 15 heteroatoms. The Kier molecular flexibility index (Phi) is 13.1. The number of fused-ring (bicyclic) bond motifs is 1. The summed E-state index contributed by atoms with van der Waals surface area (Å²) in [5.41, 5.74) is 7.52. The summed E-state index contributed by atoms with van der Waals surface area (Å²) in [6.07, 6.45) is 2.43. The fraction of sp³-hybridized carbons (Fsp3) is 0.333. The molecule has 0 saturated carbocycles. The Bertz CT molecular complexity index is 1740. The monoisotopic (exact) mass is 782 g/mol. The third kappa shape index (κ3) is 10.1. The van der Waals surface area contributed by atoms with Gasteiger partial charge in [0.2, 0.25) is 0 Å². The van der Waals surface area contributed by atoms with E-state index in [-0.39, 0.29) is 30.8 Å². The van der Waals surface area contributed by atoms with Crippen molar-refractivity contribution in [3.63, 3.8) is 0 Å². The molecular weight excluding hydrogens is 752 g/mol. The van der Waals surface area contributed by atoms with Gasteiger partial charge in [-0.05, 0) is 104 Å². The van der Waals surface area contributed by atoms with Gasteiger partial charge in [-0.25, -0.2) is 19.6 Å². The minimum Gasteiger partial charge on any atom is -0.506 e. The van der Waals surface area contributed by atoms with Gasteiger partial charge in [-0.2, -0.15) is 4.99 Å². The number of amides is 5. The molecular formula is C33H32Br2N6O7. The zero-order valence-electron chi connectivity index (χ0n) is 25.9. The van der Waals surface area contributed by atoms with Crippen molar-refractivity contribution in [3.8, 4) is 5.75 Å². The zero-order chi connectivity index (χ0) is 34.6. The second-order valence-electron chi connectivity index (χ2n) is 10.8. The van der Waals surface area contributed by atoms with E-state index < -0.39 is 24.0 Å². The van der Waals surface area contributed by atoms with Crippen LogP contribution in [0, 0.1) is 0 Å². The Balaban J connectivity index is 1.41. The number of phenolic OH excluding ortho intramolecular Hbond substituents is 1. The molecule has 1 fully saturated rings. The Labute approximate surface area is 293 Å². The number of phenols is 1. The van der Waals surface area contributed by atoms with Gasteiger partial charge in [0.1, 0.15) is 12.3 Å². The molecule has 2 aromatic rings. The number of benzene rings is 2. The molecule has 0 aromatic heterocycles. The topological polar surface area (TPSA) is 164 Å². The Morgan fingerprint density at radius 3 is 2.46 bits per heavy atom. The number of para-hydroxylation sites is 1. The molecule has 2 aliphatic rings. The van der Waals surface area contributed by atoms with Crippen LogP contribution in [0.5, 0.6) is 5.75 Å². The van der Waals surface area contributed by atoms with Crippen LogP contribution in [0.2, 0.25) is 0 Å². The van der Waals surface area contributed by atoms with Crippen molar-refractivity contribution in [2.45, 2.75) is 37.8 Å². The number of carbonyl (C=O) groups excluding carboxylic acids is 4. The fourth-order valence-electron chi connectivity index (χ4n) is 5.00. The van der Waals surface area contributed by atoms with Crippen molar-refractivity contribution in [1.82, 2.24) is 14.9 Å². The molecule has 0 aliphatic carbocycles. The minimum atomic E-state index is -1.31. The van der Waals surface area contributed by atoms with Gasteiger partial charge < -0.3 is 25.0 Å². The van der Waals surface area contributed by atoms with Crippen molar-refractivity contribution in [2.75, 3.05) is 38.5 Å². The van der Waals surface area contributed by atoms with Gasteiger partial charge in [0.15, 0.2) is 6.10 Å². The molecule has 4 rings (SSSR count). The van der Waals surface area contributed by atoms with Gasteiger partial charge >= 0.3 is 12.1 Å². The van der Waals surface area contributed by atoms with Crippen LogP contribution in [-0.4, -0.2) is 106 Å². The highest BCUT2D eigenvalue weighted by Gasteiger charge is 2.33. The average molecular weight is 784 g/mol. The van der Waals surface area contributed by atoms with Gasteiger partial charge in [-0.15, -0.1) is 0 Å². The summed E-state index contributed by atoms with van der Waals surface area (Å²) >= 11 is 6.55. The highest BCUT2D eigenvalue weighted by atomic mass is 79.9. The number of carbonyl (C=O) groups is 4. The number of nitrogens with zero attached hydrogens (tertiary/aromatic N) is 5. The van der Waals surface area contributed by atoms with Gasteiger partial charge in [-0.3, -0.25) is 14.8 Å². The largest absolute Gasteiger partial charge is 0.506 e. The van der Waals surface area contributed by atoms with Crippen molar-refractivity contribution >= 4 is 73.2 Å². The summed E-state index contributed by atoms with van der Waals surface area (Å²) in [7, 11) is 1.18. The number of rotatable bonds is 8. The number of urea groups is 1. The molecule has 1 atom stereocenters. The molecule has 48 heavy (non-hydrogen) atoms. The average Bonchev–Trinajstić information content (AvgIpc) is 3.23. The van der Waals surface area contributed by atoms with E-state index in [1.165, 1.54) is 24.1 Å². The lowest BCUT2D eigenvalue weighted by molar-refractivity contribution is -0.157. The third-order valence-electron chi connectivity index (χ3n) is 7.52. The lowest BCUT2D eigenvalue weighted by atomic mass is 10.0. The standard InChI is InChI=1S/C33H32Br2N6O7/c1-39(47)29(42)21-36-13-6-2-3-7-14-37-31(44)28(20-22-18-25(34)30(43)26(35)19-22)48-33(46)40-15-11-24(12-16-40)41-17-10-23-8-4-5-9-27(23)38-32(41)45/h2-5,8-9,18-19,24,28,43,47H,10-12,15-17,20-21H2,1H3,(H,38,45)/t28-/m1/s1. The predicted molar refractivity (Wildman–Crippen MR) is 183 cm³/mol. The highest BCUT2D eigenvalue weighted by Crippen LogP contribution is 2.34. The van der Waals surface area contributed by atoms with Crippen molar-refractivity contribution in [2.24, 2.45) is 9.98 Å². The maximum Gasteiger partial charge on any atom is 0.410 e. The van der Waals surface area contributed by atoms with Crippen LogP contribution in [0.4, 0.5) is 15.3 Å². The van der Waals surface area contributed by atoms with Gasteiger partial charge in [-0.1, -0.05) is 18.2 Å². The van der Waals surface area contributed by atoms with Crippen molar-refractivity contribution in [1.29, 1.82) is 0 Å². The number of piperidine rings is 1. The maximum absolute atomic E-state index is 13.3. The van der Waals surface area contributed by atoms with Crippen LogP contribution >= 0.6 is 31.9 Å². The zero-order valence-corrected chi connectivity index (χ0v) is 29.0. The first-order valence-corrected chi connectivity index (χ1v) is 16.4. The van der Waals surface area contributed by atoms with Crippen LogP contribution in [0.1, 0.15) is 24.0 Å². The molecule has 3 N–H and O–H groups in total. The third-order valence-corrected chi connectivity index (χ3v) is 8.73. The molecule has 0 unspecified atom stereocenters. The summed E-state index contributed by atoms with van der Waals surface area (Å²) in [4.78, 5) is 61.3. The van der Waals surface area contributed by atoms with E-state index in [4.69, 9.17) is 9.94 Å². The van der Waals surface area contributed by atoms with Crippen molar-refractivity contribution < 1.29 is 34.2 Å². The number of aliphatic imine (C=N–C) groups is 2. The second kappa shape index (κ2) is 17.5. The number of hydroxylamine groups is 2. The summed E-state index contributed by atoms with van der Waals surface area (Å²) in [5.74, 6) is 3.30. The number of likely N-dealkylation sites (N-methyl/N-ethyl adjacent to an activating group) is 1. The number of halogens is 2. The number of likely N-dealkylation sites (tertiary alicyclic amines) is 1. The SMILES string of the molecule is CN(O)C(=O)CN=C=C=CC=C=C=NC(=O)[C@@H](Cc1cc(Br)c(O)c(Br)c1)OC(=O)N1CCC(N2CCc3ccccc3NC2=O)CC1. The van der Waals surface area contributed by atoms with Crippen LogP contribution in [0.25, 0.3) is 0 Å². The fourth-order valence-corrected chi connectivity index (χ4v) is 6.28. The van der Waals surface area contributed by atoms with Crippen LogP contribution in [0.15, 0.2) is 78.9 Å². The highest BCUT2D eigenvalue weighted by molar-refractivity contribution is 9.11. The first-order valence-electron chi connectivity index (χ1n) is 14.8. The van der Waals surface area contributed by atoms with E-state index >= 15 is 0 Å². The predicted octanol–water partition coefficient (Wildman–Crippen LogP) is 4.66.